The Morgan fingerprint density at radius 1 is 1.29 bits per heavy atom. The van der Waals surface area contributed by atoms with Crippen LogP contribution < -0.4 is 0 Å². The van der Waals surface area contributed by atoms with E-state index in [4.69, 9.17) is 4.42 Å². The zero-order chi connectivity index (χ0) is 10.4. The molecule has 0 unspecified atom stereocenters. The van der Waals surface area contributed by atoms with Gasteiger partial charge in [-0.2, -0.15) is 0 Å². The van der Waals surface area contributed by atoms with Gasteiger partial charge in [-0.25, -0.2) is 4.40 Å². The third kappa shape index (κ3) is 1.22. The standard InChI is InChI=1S/C11H15NOS/c1-10(2)9(8-6-5-7-13-8)12-14-11(10,3)4/h5-7H,1-4H3. The summed E-state index contributed by atoms with van der Waals surface area (Å²) in [5.74, 6) is 0.896. The molecule has 0 N–H and O–H groups in total. The lowest BCUT2D eigenvalue weighted by Crippen LogP contribution is -2.38. The van der Waals surface area contributed by atoms with Gasteiger partial charge in [0, 0.05) is 10.2 Å². The molecule has 1 aliphatic rings. The van der Waals surface area contributed by atoms with Gasteiger partial charge in [-0.1, -0.05) is 13.8 Å². The van der Waals surface area contributed by atoms with Crippen molar-refractivity contribution in [3.63, 3.8) is 0 Å². The fraction of sp³-hybridized carbons (Fsp3) is 0.545. The lowest BCUT2D eigenvalue weighted by molar-refractivity contribution is 0.407. The maximum atomic E-state index is 5.40. The van der Waals surface area contributed by atoms with Crippen LogP contribution in [0.25, 0.3) is 0 Å². The molecule has 1 aromatic heterocycles. The lowest BCUT2D eigenvalue weighted by atomic mass is 9.75. The second-order valence-corrected chi connectivity index (χ2v) is 6.03. The van der Waals surface area contributed by atoms with Gasteiger partial charge in [0.25, 0.3) is 0 Å². The molecular formula is C11H15NOS. The predicted octanol–water partition coefficient (Wildman–Crippen LogP) is 3.54. The number of nitrogens with zero attached hydrogens (tertiary/aromatic N) is 1. The Labute approximate surface area is 88.9 Å². The Hall–Kier alpha value is -0.700. The Kier molecular flexibility index (Phi) is 2.03. The van der Waals surface area contributed by atoms with Crippen LogP contribution in [0.2, 0.25) is 0 Å². The van der Waals surface area contributed by atoms with Crippen LogP contribution in [0.3, 0.4) is 0 Å². The first-order chi connectivity index (χ1) is 6.45. The Morgan fingerprint density at radius 3 is 2.43 bits per heavy atom. The van der Waals surface area contributed by atoms with Crippen LogP contribution in [0.4, 0.5) is 0 Å². The molecule has 2 nitrogen and oxygen atoms in total. The van der Waals surface area contributed by atoms with Crippen LogP contribution in [-0.2, 0) is 0 Å². The monoisotopic (exact) mass is 209 g/mol. The van der Waals surface area contributed by atoms with Gasteiger partial charge in [-0.15, -0.1) is 0 Å². The minimum atomic E-state index is 0.0511. The third-order valence-electron chi connectivity index (χ3n) is 3.22. The van der Waals surface area contributed by atoms with E-state index < -0.39 is 0 Å². The van der Waals surface area contributed by atoms with E-state index in [2.05, 4.69) is 32.1 Å². The molecule has 0 amide bonds. The van der Waals surface area contributed by atoms with Crippen molar-refractivity contribution >= 4 is 17.7 Å². The summed E-state index contributed by atoms with van der Waals surface area (Å²) in [7, 11) is 0. The first-order valence-electron chi connectivity index (χ1n) is 4.76. The highest BCUT2D eigenvalue weighted by Crippen LogP contribution is 2.50. The molecule has 0 spiro atoms. The van der Waals surface area contributed by atoms with Crippen LogP contribution in [0.5, 0.6) is 0 Å². The summed E-state index contributed by atoms with van der Waals surface area (Å²) in [6.07, 6.45) is 1.70. The lowest BCUT2D eigenvalue weighted by Gasteiger charge is -2.33. The average molecular weight is 209 g/mol. The van der Waals surface area contributed by atoms with Crippen molar-refractivity contribution < 1.29 is 4.42 Å². The highest BCUT2D eigenvalue weighted by atomic mass is 32.2. The molecule has 0 saturated carbocycles. The molecule has 0 radical (unpaired) electrons. The quantitative estimate of drug-likeness (QED) is 0.661. The van der Waals surface area contributed by atoms with Gasteiger partial charge in [0.05, 0.1) is 12.0 Å². The van der Waals surface area contributed by atoms with E-state index in [1.54, 1.807) is 18.2 Å². The van der Waals surface area contributed by atoms with Gasteiger partial charge in [0.15, 0.2) is 0 Å². The van der Waals surface area contributed by atoms with Crippen molar-refractivity contribution in [2.75, 3.05) is 0 Å². The van der Waals surface area contributed by atoms with E-state index in [0.29, 0.717) is 0 Å². The van der Waals surface area contributed by atoms with Crippen molar-refractivity contribution in [3.05, 3.63) is 24.2 Å². The highest BCUT2D eigenvalue weighted by molar-refractivity contribution is 8.00. The predicted molar refractivity (Wildman–Crippen MR) is 60.7 cm³/mol. The normalized spacial score (nSPS) is 23.6. The minimum Gasteiger partial charge on any atom is -0.463 e. The molecule has 1 aromatic rings. The summed E-state index contributed by atoms with van der Waals surface area (Å²) in [5, 5.41) is 0. The van der Waals surface area contributed by atoms with Gasteiger partial charge in [-0.3, -0.25) is 0 Å². The third-order valence-corrected chi connectivity index (χ3v) is 4.46. The summed E-state index contributed by atoms with van der Waals surface area (Å²) in [4.78, 5) is 0. The van der Waals surface area contributed by atoms with Crippen LogP contribution in [0.15, 0.2) is 27.2 Å². The molecule has 14 heavy (non-hydrogen) atoms. The van der Waals surface area contributed by atoms with Gasteiger partial charge in [0.2, 0.25) is 0 Å². The molecule has 76 valence electrons. The van der Waals surface area contributed by atoms with Crippen molar-refractivity contribution in [2.45, 2.75) is 32.4 Å². The molecule has 2 heterocycles. The summed E-state index contributed by atoms with van der Waals surface area (Å²) < 4.78 is 10.1. The summed E-state index contributed by atoms with van der Waals surface area (Å²) >= 11 is 1.64. The maximum absolute atomic E-state index is 5.40. The zero-order valence-electron chi connectivity index (χ0n) is 9.00. The van der Waals surface area contributed by atoms with Gasteiger partial charge in [-0.05, 0) is 37.9 Å². The molecular weight excluding hydrogens is 194 g/mol. The Morgan fingerprint density at radius 2 is 2.00 bits per heavy atom. The second-order valence-electron chi connectivity index (χ2n) is 4.64. The molecule has 0 aliphatic carbocycles. The summed E-state index contributed by atoms with van der Waals surface area (Å²) in [6, 6.07) is 3.88. The molecule has 0 saturated heterocycles. The van der Waals surface area contributed by atoms with Crippen molar-refractivity contribution in [1.29, 1.82) is 0 Å². The molecule has 1 aliphatic heterocycles. The number of hydrogen-bond acceptors (Lipinski definition) is 3. The van der Waals surface area contributed by atoms with E-state index in [1.807, 2.05) is 12.1 Å². The molecule has 2 rings (SSSR count). The van der Waals surface area contributed by atoms with Gasteiger partial charge >= 0.3 is 0 Å². The fourth-order valence-corrected chi connectivity index (χ4v) is 2.40. The number of rotatable bonds is 1. The zero-order valence-corrected chi connectivity index (χ0v) is 9.81. The van der Waals surface area contributed by atoms with E-state index in [9.17, 15) is 0 Å². The largest absolute Gasteiger partial charge is 0.463 e. The molecule has 0 bridgehead atoms. The van der Waals surface area contributed by atoms with E-state index >= 15 is 0 Å². The van der Waals surface area contributed by atoms with Crippen LogP contribution >= 0.6 is 11.9 Å². The van der Waals surface area contributed by atoms with Gasteiger partial charge < -0.3 is 4.42 Å². The van der Waals surface area contributed by atoms with Crippen molar-refractivity contribution in [2.24, 2.45) is 9.81 Å². The van der Waals surface area contributed by atoms with Crippen LogP contribution in [0, 0.1) is 5.41 Å². The van der Waals surface area contributed by atoms with Gasteiger partial charge in [0.1, 0.15) is 5.76 Å². The first kappa shape index (κ1) is 9.84. The number of hydrogen-bond donors (Lipinski definition) is 0. The highest BCUT2D eigenvalue weighted by Gasteiger charge is 2.48. The Balaban J connectivity index is 2.41. The SMILES string of the molecule is CC1(C)SN=C(c2ccco2)C1(C)C. The topological polar surface area (TPSA) is 25.5 Å². The summed E-state index contributed by atoms with van der Waals surface area (Å²) in [5.41, 5.74) is 1.12. The minimum absolute atomic E-state index is 0.0511. The van der Waals surface area contributed by atoms with Crippen LogP contribution in [0.1, 0.15) is 33.5 Å². The fourth-order valence-electron chi connectivity index (χ4n) is 1.44. The van der Waals surface area contributed by atoms with Crippen LogP contribution in [-0.4, -0.2) is 10.5 Å². The average Bonchev–Trinajstić information content (AvgIpc) is 2.61. The molecule has 3 heteroatoms. The second kappa shape index (κ2) is 2.89. The molecule has 0 fully saturated rings. The smallest absolute Gasteiger partial charge is 0.149 e. The molecule has 0 aromatic carbocycles. The first-order valence-corrected chi connectivity index (χ1v) is 5.53. The van der Waals surface area contributed by atoms with E-state index in [-0.39, 0.29) is 10.2 Å². The van der Waals surface area contributed by atoms with Crippen molar-refractivity contribution in [3.8, 4) is 0 Å². The van der Waals surface area contributed by atoms with Crippen molar-refractivity contribution in [1.82, 2.24) is 0 Å². The Bertz CT molecular complexity index is 363. The maximum Gasteiger partial charge on any atom is 0.149 e. The summed E-state index contributed by atoms with van der Waals surface area (Å²) in [6.45, 7) is 8.87. The van der Waals surface area contributed by atoms with E-state index in [1.165, 1.54) is 0 Å². The molecule has 0 atom stereocenters. The van der Waals surface area contributed by atoms with E-state index in [0.717, 1.165) is 11.5 Å². The number of furan rings is 1.